The fourth-order valence-corrected chi connectivity index (χ4v) is 3.48. The lowest BCUT2D eigenvalue weighted by Crippen LogP contribution is -2.47. The first kappa shape index (κ1) is 22.2. The van der Waals surface area contributed by atoms with Gasteiger partial charge in [-0.2, -0.15) is 0 Å². The Morgan fingerprint density at radius 2 is 1.61 bits per heavy atom. The Labute approximate surface area is 169 Å². The number of aliphatic carboxylic acids is 1. The second-order valence-electron chi connectivity index (χ2n) is 7.59. The van der Waals surface area contributed by atoms with Crippen LogP contribution in [-0.2, 0) is 22.6 Å². The highest BCUT2D eigenvalue weighted by molar-refractivity contribution is 5.87. The fourth-order valence-electron chi connectivity index (χ4n) is 3.48. The van der Waals surface area contributed by atoms with Crippen LogP contribution in [0.5, 0.6) is 0 Å². The molecule has 0 bridgehead atoms. The average molecular weight is 387 g/mol. The van der Waals surface area contributed by atoms with Crippen molar-refractivity contribution < 1.29 is 14.7 Å². The van der Waals surface area contributed by atoms with E-state index in [4.69, 9.17) is 5.11 Å². The van der Waals surface area contributed by atoms with Crippen LogP contribution in [0, 0.1) is 0 Å². The third-order valence-electron chi connectivity index (χ3n) is 5.20. The molecule has 1 fully saturated rings. The normalized spacial score (nSPS) is 15.2. The Morgan fingerprint density at radius 1 is 0.964 bits per heavy atom. The summed E-state index contributed by atoms with van der Waals surface area (Å²) in [5, 5.41) is 8.83. The quantitative estimate of drug-likeness (QED) is 0.463. The lowest BCUT2D eigenvalue weighted by Gasteiger charge is -2.34. The first-order chi connectivity index (χ1) is 13.6. The van der Waals surface area contributed by atoms with Crippen molar-refractivity contribution in [2.75, 3.05) is 26.2 Å². The molecule has 1 amide bonds. The van der Waals surface area contributed by atoms with Crippen LogP contribution in [-0.4, -0.2) is 53.0 Å². The molecule has 154 valence electrons. The lowest BCUT2D eigenvalue weighted by molar-refractivity contribution is -0.136. The topological polar surface area (TPSA) is 60.9 Å². The van der Waals surface area contributed by atoms with E-state index in [0.29, 0.717) is 0 Å². The molecular formula is C23H34N2O3. The monoisotopic (exact) mass is 386 g/mol. The van der Waals surface area contributed by atoms with Crippen molar-refractivity contribution in [3.8, 4) is 0 Å². The molecule has 2 rings (SSSR count). The van der Waals surface area contributed by atoms with Crippen LogP contribution in [0.3, 0.4) is 0 Å². The minimum atomic E-state index is -0.806. The molecule has 1 saturated heterocycles. The number of unbranched alkanes of at least 4 members (excludes halogenated alkanes) is 5. The molecule has 1 aromatic carbocycles. The Kier molecular flexibility index (Phi) is 9.77. The summed E-state index contributed by atoms with van der Waals surface area (Å²) in [5.41, 5.74) is 2.00. The summed E-state index contributed by atoms with van der Waals surface area (Å²) in [4.78, 5) is 27.3. The first-order valence-corrected chi connectivity index (χ1v) is 10.6. The number of carboxylic acid groups (broad SMARTS) is 1. The van der Waals surface area contributed by atoms with Crippen molar-refractivity contribution in [2.24, 2.45) is 0 Å². The predicted octanol–water partition coefficient (Wildman–Crippen LogP) is 3.87. The van der Waals surface area contributed by atoms with Crippen LogP contribution >= 0.6 is 0 Å². The molecule has 5 heteroatoms. The summed E-state index contributed by atoms with van der Waals surface area (Å²) < 4.78 is 0. The average Bonchev–Trinajstić information content (AvgIpc) is 2.69. The van der Waals surface area contributed by atoms with E-state index in [1.807, 2.05) is 35.2 Å². The van der Waals surface area contributed by atoms with Crippen LogP contribution in [0.25, 0.3) is 0 Å². The number of carbonyl (C=O) groups is 2. The molecule has 0 radical (unpaired) electrons. The molecule has 0 spiro atoms. The third-order valence-corrected chi connectivity index (χ3v) is 5.20. The molecule has 1 N–H and O–H groups in total. The van der Waals surface area contributed by atoms with E-state index in [1.165, 1.54) is 37.7 Å². The standard InChI is InChI=1S/C23H34N2O3/c1-2-3-4-5-6-7-8-9-22(26)25-16-14-24(15-17-25)19-21-12-10-20(11-13-21)18-23(27)28/h8-13H,2-7,14-19H2,1H3,(H,27,28)/b9-8+. The minimum absolute atomic E-state index is 0.0628. The molecule has 28 heavy (non-hydrogen) atoms. The number of benzene rings is 1. The van der Waals surface area contributed by atoms with Gasteiger partial charge in [0.05, 0.1) is 6.42 Å². The number of nitrogens with zero attached hydrogens (tertiary/aromatic N) is 2. The van der Waals surface area contributed by atoms with E-state index >= 15 is 0 Å². The number of rotatable bonds is 11. The van der Waals surface area contributed by atoms with E-state index in [-0.39, 0.29) is 12.3 Å². The van der Waals surface area contributed by atoms with Crippen molar-refractivity contribution in [1.29, 1.82) is 0 Å². The molecule has 1 heterocycles. The molecule has 1 aromatic rings. The highest BCUT2D eigenvalue weighted by Gasteiger charge is 2.19. The van der Waals surface area contributed by atoms with Gasteiger partial charge in [-0.1, -0.05) is 62.9 Å². The number of hydrogen-bond donors (Lipinski definition) is 1. The van der Waals surface area contributed by atoms with Gasteiger partial charge in [-0.25, -0.2) is 0 Å². The Morgan fingerprint density at radius 3 is 2.25 bits per heavy atom. The van der Waals surface area contributed by atoms with E-state index in [1.54, 1.807) is 6.08 Å². The number of allylic oxidation sites excluding steroid dienone is 1. The highest BCUT2D eigenvalue weighted by atomic mass is 16.4. The van der Waals surface area contributed by atoms with E-state index < -0.39 is 5.97 Å². The zero-order valence-corrected chi connectivity index (χ0v) is 17.1. The zero-order chi connectivity index (χ0) is 20.2. The molecule has 5 nitrogen and oxygen atoms in total. The van der Waals surface area contributed by atoms with Gasteiger partial charge in [0.1, 0.15) is 0 Å². The van der Waals surface area contributed by atoms with Crippen LogP contribution < -0.4 is 0 Å². The molecular weight excluding hydrogens is 352 g/mol. The van der Waals surface area contributed by atoms with Crippen LogP contribution in [0.15, 0.2) is 36.4 Å². The smallest absolute Gasteiger partial charge is 0.307 e. The summed E-state index contributed by atoms with van der Waals surface area (Å²) in [6.07, 6.45) is 11.1. The van der Waals surface area contributed by atoms with Gasteiger partial charge >= 0.3 is 5.97 Å². The zero-order valence-electron chi connectivity index (χ0n) is 17.1. The molecule has 0 aliphatic carbocycles. The molecule has 0 saturated carbocycles. The highest BCUT2D eigenvalue weighted by Crippen LogP contribution is 2.11. The predicted molar refractivity (Wildman–Crippen MR) is 112 cm³/mol. The van der Waals surface area contributed by atoms with Gasteiger partial charge in [-0.05, 0) is 30.0 Å². The van der Waals surface area contributed by atoms with Crippen LogP contribution in [0.2, 0.25) is 0 Å². The second kappa shape index (κ2) is 12.3. The summed E-state index contributed by atoms with van der Waals surface area (Å²) in [7, 11) is 0. The van der Waals surface area contributed by atoms with E-state index in [9.17, 15) is 9.59 Å². The van der Waals surface area contributed by atoms with Gasteiger partial charge in [0.2, 0.25) is 5.91 Å². The summed E-state index contributed by atoms with van der Waals surface area (Å²) in [6.45, 7) is 6.31. The maximum absolute atomic E-state index is 12.3. The van der Waals surface area contributed by atoms with Gasteiger partial charge in [0.15, 0.2) is 0 Å². The molecule has 1 aliphatic rings. The summed E-state index contributed by atoms with van der Waals surface area (Å²) in [6, 6.07) is 7.77. The van der Waals surface area contributed by atoms with Gasteiger partial charge in [-0.15, -0.1) is 0 Å². The van der Waals surface area contributed by atoms with Crippen molar-refractivity contribution in [2.45, 2.75) is 58.4 Å². The summed E-state index contributed by atoms with van der Waals surface area (Å²) in [5.74, 6) is -0.676. The largest absolute Gasteiger partial charge is 0.481 e. The minimum Gasteiger partial charge on any atom is -0.481 e. The van der Waals surface area contributed by atoms with Crippen LogP contribution in [0.1, 0.15) is 56.6 Å². The van der Waals surface area contributed by atoms with Crippen molar-refractivity contribution in [3.05, 3.63) is 47.5 Å². The number of carbonyl (C=O) groups excluding carboxylic acids is 1. The SMILES string of the molecule is CCCCCCC/C=C/C(=O)N1CCN(Cc2ccc(CC(=O)O)cc2)CC1. The number of carboxylic acids is 1. The third kappa shape index (κ3) is 8.26. The molecule has 0 atom stereocenters. The molecule has 0 aromatic heterocycles. The second-order valence-corrected chi connectivity index (χ2v) is 7.59. The van der Waals surface area contributed by atoms with Crippen molar-refractivity contribution >= 4 is 11.9 Å². The van der Waals surface area contributed by atoms with Crippen molar-refractivity contribution in [1.82, 2.24) is 9.80 Å². The maximum Gasteiger partial charge on any atom is 0.307 e. The van der Waals surface area contributed by atoms with Crippen molar-refractivity contribution in [3.63, 3.8) is 0 Å². The number of amides is 1. The lowest BCUT2D eigenvalue weighted by atomic mass is 10.1. The van der Waals surface area contributed by atoms with E-state index in [2.05, 4.69) is 11.8 Å². The van der Waals surface area contributed by atoms with Gasteiger partial charge in [-0.3, -0.25) is 14.5 Å². The van der Waals surface area contributed by atoms with Gasteiger partial charge in [0.25, 0.3) is 0 Å². The Bertz CT molecular complexity index is 632. The maximum atomic E-state index is 12.3. The summed E-state index contributed by atoms with van der Waals surface area (Å²) >= 11 is 0. The fraction of sp³-hybridized carbons (Fsp3) is 0.565. The number of hydrogen-bond acceptors (Lipinski definition) is 3. The van der Waals surface area contributed by atoms with Gasteiger partial charge < -0.3 is 10.0 Å². The van der Waals surface area contributed by atoms with Gasteiger partial charge in [0, 0.05) is 32.7 Å². The number of piperazine rings is 1. The molecule has 1 aliphatic heterocycles. The van der Waals surface area contributed by atoms with E-state index in [0.717, 1.165) is 44.7 Å². The van der Waals surface area contributed by atoms with Crippen LogP contribution in [0.4, 0.5) is 0 Å². The molecule has 0 unspecified atom stereocenters. The first-order valence-electron chi connectivity index (χ1n) is 10.6. The Hall–Kier alpha value is -2.14. The Balaban J connectivity index is 1.66.